The van der Waals surface area contributed by atoms with E-state index in [1.165, 1.54) is 16.9 Å². The van der Waals surface area contributed by atoms with Gasteiger partial charge in [-0.1, -0.05) is 29.5 Å². The topological polar surface area (TPSA) is 76.3 Å². The number of para-hydroxylation sites is 1. The summed E-state index contributed by atoms with van der Waals surface area (Å²) in [6.45, 7) is 3.19. The van der Waals surface area contributed by atoms with Crippen LogP contribution in [0.1, 0.15) is 10.6 Å². The maximum absolute atomic E-state index is 5.74. The zero-order valence-corrected chi connectivity index (χ0v) is 11.2. The maximum atomic E-state index is 5.74. The van der Waals surface area contributed by atoms with Crippen molar-refractivity contribution in [3.05, 3.63) is 34.8 Å². The molecular formula is C12H15N5OS. The zero-order valence-electron chi connectivity index (χ0n) is 10.4. The predicted molar refractivity (Wildman–Crippen MR) is 73.8 cm³/mol. The van der Waals surface area contributed by atoms with Crippen molar-refractivity contribution in [2.24, 2.45) is 5.84 Å². The number of hydrazine groups is 1. The van der Waals surface area contributed by atoms with Gasteiger partial charge in [0.05, 0.1) is 6.54 Å². The lowest BCUT2D eigenvalue weighted by Gasteiger charge is -2.17. The molecule has 3 rings (SSSR count). The highest BCUT2D eigenvalue weighted by Crippen LogP contribution is 2.24. The molecule has 100 valence electrons. The van der Waals surface area contributed by atoms with E-state index in [-0.39, 0.29) is 0 Å². The molecule has 0 saturated carbocycles. The molecular weight excluding hydrogens is 262 g/mol. The first-order valence-electron chi connectivity index (χ1n) is 6.07. The fourth-order valence-electron chi connectivity index (χ4n) is 2.08. The molecule has 0 bridgehead atoms. The van der Waals surface area contributed by atoms with E-state index in [0.717, 1.165) is 30.4 Å². The van der Waals surface area contributed by atoms with Gasteiger partial charge in [0.25, 0.3) is 0 Å². The Morgan fingerprint density at radius 3 is 3.11 bits per heavy atom. The largest absolute Gasteiger partial charge is 0.492 e. The molecule has 1 aliphatic rings. The van der Waals surface area contributed by atoms with Gasteiger partial charge in [-0.15, -0.1) is 10.2 Å². The molecule has 0 fully saturated rings. The van der Waals surface area contributed by atoms with Crippen LogP contribution in [0.3, 0.4) is 0 Å². The Kier molecular flexibility index (Phi) is 3.58. The highest BCUT2D eigenvalue weighted by Gasteiger charge is 2.16. The van der Waals surface area contributed by atoms with Crippen molar-refractivity contribution in [3.8, 4) is 5.75 Å². The van der Waals surface area contributed by atoms with Crippen LogP contribution in [0.15, 0.2) is 24.3 Å². The van der Waals surface area contributed by atoms with E-state index >= 15 is 0 Å². The molecule has 0 atom stereocenters. The third kappa shape index (κ3) is 2.83. The highest BCUT2D eigenvalue weighted by molar-refractivity contribution is 7.15. The van der Waals surface area contributed by atoms with E-state index in [0.29, 0.717) is 11.7 Å². The van der Waals surface area contributed by atoms with Gasteiger partial charge in [-0.3, -0.25) is 10.3 Å². The predicted octanol–water partition coefficient (Wildman–Crippen LogP) is 1.22. The van der Waals surface area contributed by atoms with Gasteiger partial charge < -0.3 is 4.74 Å². The molecule has 7 heteroatoms. The first-order chi connectivity index (χ1) is 9.35. The number of anilines is 1. The van der Waals surface area contributed by atoms with E-state index in [4.69, 9.17) is 10.6 Å². The van der Waals surface area contributed by atoms with Crippen molar-refractivity contribution in [3.63, 3.8) is 0 Å². The number of aromatic nitrogens is 2. The van der Waals surface area contributed by atoms with Crippen molar-refractivity contribution in [1.29, 1.82) is 0 Å². The first-order valence-corrected chi connectivity index (χ1v) is 6.89. The average Bonchev–Trinajstić information content (AvgIpc) is 2.78. The normalized spacial score (nSPS) is 15.4. The molecule has 19 heavy (non-hydrogen) atoms. The molecule has 0 unspecified atom stereocenters. The van der Waals surface area contributed by atoms with Crippen molar-refractivity contribution in [1.82, 2.24) is 15.1 Å². The lowest BCUT2D eigenvalue weighted by Crippen LogP contribution is -2.25. The number of nitrogen functional groups attached to an aromatic ring is 1. The average molecular weight is 277 g/mol. The van der Waals surface area contributed by atoms with Crippen molar-refractivity contribution in [2.75, 3.05) is 18.6 Å². The first kappa shape index (κ1) is 12.3. The van der Waals surface area contributed by atoms with Crippen molar-refractivity contribution < 1.29 is 4.74 Å². The standard InChI is InChI=1S/C12H15N5OS/c13-14-12-16-15-11(19-12)8-17-5-6-18-10-4-2-1-3-9(10)7-17/h1-4H,5-8,13H2,(H,14,16). The Bertz CT molecular complexity index is 559. The highest BCUT2D eigenvalue weighted by atomic mass is 32.1. The SMILES string of the molecule is NNc1nnc(CN2CCOc3ccccc3C2)s1. The second-order valence-electron chi connectivity index (χ2n) is 4.31. The molecule has 0 amide bonds. The number of hydrogen-bond donors (Lipinski definition) is 2. The van der Waals surface area contributed by atoms with Gasteiger partial charge in [-0.05, 0) is 6.07 Å². The number of fused-ring (bicyclic) bond motifs is 1. The molecule has 3 N–H and O–H groups in total. The van der Waals surface area contributed by atoms with Crippen LogP contribution in [-0.2, 0) is 13.1 Å². The van der Waals surface area contributed by atoms with Crippen LogP contribution in [0.2, 0.25) is 0 Å². The van der Waals surface area contributed by atoms with Crippen LogP contribution in [0, 0.1) is 0 Å². The summed E-state index contributed by atoms with van der Waals surface area (Å²) < 4.78 is 5.74. The number of benzene rings is 1. The molecule has 2 heterocycles. The van der Waals surface area contributed by atoms with E-state index in [9.17, 15) is 0 Å². The molecule has 0 radical (unpaired) electrons. The summed E-state index contributed by atoms with van der Waals surface area (Å²) in [5, 5.41) is 9.65. The number of nitrogens with two attached hydrogens (primary N) is 1. The van der Waals surface area contributed by atoms with Crippen LogP contribution in [-0.4, -0.2) is 28.2 Å². The fourth-order valence-corrected chi connectivity index (χ4v) is 2.77. The van der Waals surface area contributed by atoms with E-state index in [1.807, 2.05) is 18.2 Å². The third-order valence-electron chi connectivity index (χ3n) is 2.98. The number of nitrogens with zero attached hydrogens (tertiary/aromatic N) is 3. The number of rotatable bonds is 3. The molecule has 6 nitrogen and oxygen atoms in total. The van der Waals surface area contributed by atoms with Crippen LogP contribution in [0.25, 0.3) is 0 Å². The second-order valence-corrected chi connectivity index (χ2v) is 5.37. The summed E-state index contributed by atoms with van der Waals surface area (Å²) >= 11 is 1.47. The number of hydrogen-bond acceptors (Lipinski definition) is 7. The van der Waals surface area contributed by atoms with Crippen LogP contribution in [0.4, 0.5) is 5.13 Å². The lowest BCUT2D eigenvalue weighted by atomic mass is 10.2. The monoisotopic (exact) mass is 277 g/mol. The number of nitrogens with one attached hydrogen (secondary N) is 1. The molecule has 1 aromatic heterocycles. The molecule has 0 saturated heterocycles. The van der Waals surface area contributed by atoms with Crippen molar-refractivity contribution in [2.45, 2.75) is 13.1 Å². The molecule has 1 aromatic carbocycles. The minimum Gasteiger partial charge on any atom is -0.492 e. The van der Waals surface area contributed by atoms with Gasteiger partial charge >= 0.3 is 0 Å². The second kappa shape index (κ2) is 5.52. The molecule has 2 aromatic rings. The molecule has 0 aliphatic carbocycles. The van der Waals surface area contributed by atoms with Crippen LogP contribution >= 0.6 is 11.3 Å². The Balaban J connectivity index is 1.72. The Labute approximate surface area is 115 Å². The molecule has 1 aliphatic heterocycles. The summed E-state index contributed by atoms with van der Waals surface area (Å²) in [6, 6.07) is 8.15. The van der Waals surface area contributed by atoms with E-state index in [2.05, 4.69) is 26.6 Å². The van der Waals surface area contributed by atoms with Gasteiger partial charge in [0, 0.05) is 18.7 Å². The van der Waals surface area contributed by atoms with Crippen molar-refractivity contribution >= 4 is 16.5 Å². The van der Waals surface area contributed by atoms with Crippen LogP contribution < -0.4 is 16.0 Å². The summed E-state index contributed by atoms with van der Waals surface area (Å²) in [7, 11) is 0. The Morgan fingerprint density at radius 2 is 2.26 bits per heavy atom. The summed E-state index contributed by atoms with van der Waals surface area (Å²) in [5.41, 5.74) is 3.72. The Morgan fingerprint density at radius 1 is 1.37 bits per heavy atom. The number of ether oxygens (including phenoxy) is 1. The zero-order chi connectivity index (χ0) is 13.1. The van der Waals surface area contributed by atoms with Crippen LogP contribution in [0.5, 0.6) is 5.75 Å². The fraction of sp³-hybridized carbons (Fsp3) is 0.333. The smallest absolute Gasteiger partial charge is 0.219 e. The van der Waals surface area contributed by atoms with Gasteiger partial charge in [0.2, 0.25) is 5.13 Å². The minimum atomic E-state index is 0.640. The van der Waals surface area contributed by atoms with Gasteiger partial charge in [-0.25, -0.2) is 5.84 Å². The summed E-state index contributed by atoms with van der Waals surface area (Å²) in [4.78, 5) is 2.30. The van der Waals surface area contributed by atoms with E-state index < -0.39 is 0 Å². The quantitative estimate of drug-likeness (QED) is 0.649. The van der Waals surface area contributed by atoms with Gasteiger partial charge in [0.15, 0.2) is 0 Å². The summed E-state index contributed by atoms with van der Waals surface area (Å²) in [6.07, 6.45) is 0. The third-order valence-corrected chi connectivity index (χ3v) is 3.82. The maximum Gasteiger partial charge on any atom is 0.219 e. The lowest BCUT2D eigenvalue weighted by molar-refractivity contribution is 0.219. The van der Waals surface area contributed by atoms with Gasteiger partial charge in [0.1, 0.15) is 17.4 Å². The summed E-state index contributed by atoms with van der Waals surface area (Å²) in [5.74, 6) is 6.29. The molecule has 0 spiro atoms. The Hall–Kier alpha value is -1.70. The minimum absolute atomic E-state index is 0.640. The van der Waals surface area contributed by atoms with E-state index in [1.54, 1.807) is 0 Å². The van der Waals surface area contributed by atoms with Gasteiger partial charge in [-0.2, -0.15) is 0 Å².